The number of carbonyl (C=O) groups excluding carboxylic acids is 1. The minimum atomic E-state index is -0.0759. The maximum absolute atomic E-state index is 12.3. The van der Waals surface area contributed by atoms with Crippen molar-refractivity contribution in [2.75, 3.05) is 13.2 Å². The topological polar surface area (TPSA) is 54.3 Å². The van der Waals surface area contributed by atoms with Crippen LogP contribution in [0.15, 0.2) is 36.4 Å². The number of carbonyl (C=O) groups is 1. The van der Waals surface area contributed by atoms with E-state index in [0.29, 0.717) is 18.5 Å². The summed E-state index contributed by atoms with van der Waals surface area (Å²) in [7, 11) is 0. The fourth-order valence-electron chi connectivity index (χ4n) is 2.86. The van der Waals surface area contributed by atoms with Crippen LogP contribution in [0.4, 0.5) is 0 Å². The van der Waals surface area contributed by atoms with Crippen LogP contribution in [0.3, 0.4) is 0 Å². The Balaban J connectivity index is 2.25. The summed E-state index contributed by atoms with van der Waals surface area (Å²) in [6.07, 6.45) is 0.574. The molecule has 0 saturated heterocycles. The van der Waals surface area contributed by atoms with Crippen LogP contribution in [0.1, 0.15) is 46.7 Å². The molecule has 2 rings (SSSR count). The van der Waals surface area contributed by atoms with E-state index in [4.69, 9.17) is 5.11 Å². The third kappa shape index (κ3) is 3.39. The summed E-state index contributed by atoms with van der Waals surface area (Å²) in [6.45, 7) is 6.73. The molecule has 0 spiro atoms. The Bertz CT molecular complexity index is 632. The molecule has 2 N–H and O–H groups in total. The van der Waals surface area contributed by atoms with Gasteiger partial charge in [-0.3, -0.25) is 4.79 Å². The van der Waals surface area contributed by atoms with E-state index in [0.717, 1.165) is 11.4 Å². The number of rotatable bonds is 6. The lowest BCUT2D eigenvalue weighted by molar-refractivity contribution is 0.0950. The van der Waals surface area contributed by atoms with Gasteiger partial charge >= 0.3 is 0 Å². The third-order valence-electron chi connectivity index (χ3n) is 4.02. The molecule has 1 unspecified atom stereocenters. The van der Waals surface area contributed by atoms with Crippen LogP contribution in [-0.4, -0.2) is 28.7 Å². The van der Waals surface area contributed by atoms with Crippen LogP contribution >= 0.6 is 0 Å². The van der Waals surface area contributed by atoms with Gasteiger partial charge in [-0.05, 0) is 38.8 Å². The van der Waals surface area contributed by atoms with Crippen molar-refractivity contribution in [1.82, 2.24) is 9.88 Å². The normalized spacial score (nSPS) is 12.2. The second-order valence-corrected chi connectivity index (χ2v) is 5.57. The maximum Gasteiger partial charge on any atom is 0.253 e. The van der Waals surface area contributed by atoms with Gasteiger partial charge in [-0.25, -0.2) is 0 Å². The number of hydrogen-bond acceptors (Lipinski definition) is 2. The Morgan fingerprint density at radius 3 is 2.59 bits per heavy atom. The average molecular weight is 300 g/mol. The molecular weight excluding hydrogens is 276 g/mol. The van der Waals surface area contributed by atoms with Gasteiger partial charge < -0.3 is 15.0 Å². The number of aliphatic hydroxyl groups excluding tert-OH is 1. The maximum atomic E-state index is 12.3. The fourth-order valence-corrected chi connectivity index (χ4v) is 2.86. The molecule has 0 saturated carbocycles. The highest BCUT2D eigenvalue weighted by Crippen LogP contribution is 2.25. The van der Waals surface area contributed by atoms with Gasteiger partial charge in [0.1, 0.15) is 0 Å². The summed E-state index contributed by atoms with van der Waals surface area (Å²) >= 11 is 0. The first-order valence-electron chi connectivity index (χ1n) is 7.68. The van der Waals surface area contributed by atoms with E-state index in [1.54, 1.807) is 0 Å². The quantitative estimate of drug-likeness (QED) is 0.806. The Morgan fingerprint density at radius 1 is 1.27 bits per heavy atom. The largest absolute Gasteiger partial charge is 0.396 e. The van der Waals surface area contributed by atoms with Crippen molar-refractivity contribution in [2.24, 2.45) is 0 Å². The van der Waals surface area contributed by atoms with Gasteiger partial charge in [0, 0.05) is 24.5 Å². The summed E-state index contributed by atoms with van der Waals surface area (Å²) in [5.74, 6) is -0.0759. The number of nitrogens with zero attached hydrogens (tertiary/aromatic N) is 1. The van der Waals surface area contributed by atoms with Crippen LogP contribution in [0.5, 0.6) is 0 Å². The monoisotopic (exact) mass is 300 g/mol. The van der Waals surface area contributed by atoms with Gasteiger partial charge in [-0.15, -0.1) is 0 Å². The first kappa shape index (κ1) is 16.3. The predicted molar refractivity (Wildman–Crippen MR) is 88.2 cm³/mol. The molecule has 0 aliphatic heterocycles. The highest BCUT2D eigenvalue weighted by Gasteiger charge is 2.19. The Morgan fingerprint density at radius 2 is 1.95 bits per heavy atom. The predicted octanol–water partition coefficient (Wildman–Crippen LogP) is 2.83. The third-order valence-corrected chi connectivity index (χ3v) is 4.02. The van der Waals surface area contributed by atoms with Crippen LogP contribution < -0.4 is 5.32 Å². The van der Waals surface area contributed by atoms with E-state index in [1.165, 1.54) is 5.56 Å². The Kier molecular flexibility index (Phi) is 5.39. The first-order chi connectivity index (χ1) is 10.6. The Hall–Kier alpha value is -2.07. The molecule has 22 heavy (non-hydrogen) atoms. The van der Waals surface area contributed by atoms with Crippen molar-refractivity contribution < 1.29 is 9.90 Å². The average Bonchev–Trinajstić information content (AvgIpc) is 2.82. The van der Waals surface area contributed by atoms with Crippen molar-refractivity contribution in [3.8, 4) is 0 Å². The molecule has 0 aliphatic carbocycles. The molecule has 0 bridgehead atoms. The Labute approximate surface area is 131 Å². The van der Waals surface area contributed by atoms with Crippen molar-refractivity contribution in [1.29, 1.82) is 0 Å². The number of aliphatic hydroxyl groups is 1. The molecular formula is C18H24N2O2. The van der Waals surface area contributed by atoms with Crippen molar-refractivity contribution in [3.63, 3.8) is 0 Å². The second-order valence-electron chi connectivity index (χ2n) is 5.57. The SMILES string of the molecule is Cc1cc(C(=O)NCCCO)c(C)n1C(C)c1ccccc1. The molecule has 1 amide bonds. The van der Waals surface area contributed by atoms with E-state index in [-0.39, 0.29) is 18.6 Å². The molecule has 4 heteroatoms. The van der Waals surface area contributed by atoms with E-state index in [2.05, 4.69) is 28.9 Å². The van der Waals surface area contributed by atoms with E-state index in [9.17, 15) is 4.79 Å². The lowest BCUT2D eigenvalue weighted by Gasteiger charge is -2.19. The fraction of sp³-hybridized carbons (Fsp3) is 0.389. The standard InChI is InChI=1S/C18H24N2O2/c1-13-12-17(18(22)19-10-7-11-21)15(3)20(13)14(2)16-8-5-4-6-9-16/h4-6,8-9,12,14,21H,7,10-11H2,1-3H3,(H,19,22). The summed E-state index contributed by atoms with van der Waals surface area (Å²) in [6, 6.07) is 12.4. The summed E-state index contributed by atoms with van der Waals surface area (Å²) in [5.41, 5.74) is 3.96. The van der Waals surface area contributed by atoms with E-state index >= 15 is 0 Å². The zero-order valence-corrected chi connectivity index (χ0v) is 13.5. The molecule has 0 radical (unpaired) electrons. The number of amides is 1. The summed E-state index contributed by atoms with van der Waals surface area (Å²) < 4.78 is 2.19. The van der Waals surface area contributed by atoms with E-state index < -0.39 is 0 Å². The van der Waals surface area contributed by atoms with Gasteiger partial charge in [-0.1, -0.05) is 30.3 Å². The zero-order valence-electron chi connectivity index (χ0n) is 13.5. The molecule has 1 aromatic heterocycles. The molecule has 118 valence electrons. The number of benzene rings is 1. The molecule has 0 aliphatic rings. The lowest BCUT2D eigenvalue weighted by Crippen LogP contribution is -2.25. The first-order valence-corrected chi connectivity index (χ1v) is 7.68. The molecule has 2 aromatic rings. The van der Waals surface area contributed by atoms with E-state index in [1.807, 2.05) is 38.1 Å². The van der Waals surface area contributed by atoms with Gasteiger partial charge in [-0.2, -0.15) is 0 Å². The van der Waals surface area contributed by atoms with Crippen LogP contribution in [0.25, 0.3) is 0 Å². The molecule has 0 fully saturated rings. The number of aryl methyl sites for hydroxylation is 1. The lowest BCUT2D eigenvalue weighted by atomic mass is 10.1. The highest BCUT2D eigenvalue weighted by atomic mass is 16.3. The van der Waals surface area contributed by atoms with Crippen LogP contribution in [0, 0.1) is 13.8 Å². The minimum absolute atomic E-state index is 0.0759. The van der Waals surface area contributed by atoms with Crippen LogP contribution in [0.2, 0.25) is 0 Å². The van der Waals surface area contributed by atoms with Gasteiger partial charge in [0.2, 0.25) is 0 Å². The second kappa shape index (κ2) is 7.27. The van der Waals surface area contributed by atoms with Crippen molar-refractivity contribution in [2.45, 2.75) is 33.2 Å². The van der Waals surface area contributed by atoms with Gasteiger partial charge in [0.25, 0.3) is 5.91 Å². The highest BCUT2D eigenvalue weighted by molar-refractivity contribution is 5.95. The van der Waals surface area contributed by atoms with Crippen molar-refractivity contribution >= 4 is 5.91 Å². The number of nitrogens with one attached hydrogen (secondary N) is 1. The summed E-state index contributed by atoms with van der Waals surface area (Å²) in [5, 5.41) is 11.6. The number of hydrogen-bond donors (Lipinski definition) is 2. The number of aromatic nitrogens is 1. The molecule has 1 atom stereocenters. The van der Waals surface area contributed by atoms with Gasteiger partial charge in [0.05, 0.1) is 11.6 Å². The molecule has 1 heterocycles. The van der Waals surface area contributed by atoms with Crippen molar-refractivity contribution in [3.05, 3.63) is 58.9 Å². The smallest absolute Gasteiger partial charge is 0.253 e. The molecule has 1 aromatic carbocycles. The minimum Gasteiger partial charge on any atom is -0.396 e. The van der Waals surface area contributed by atoms with Gasteiger partial charge in [0.15, 0.2) is 0 Å². The molecule has 4 nitrogen and oxygen atoms in total. The van der Waals surface area contributed by atoms with Crippen LogP contribution in [-0.2, 0) is 0 Å². The zero-order chi connectivity index (χ0) is 16.1. The summed E-state index contributed by atoms with van der Waals surface area (Å²) in [4.78, 5) is 12.3.